The Hall–Kier alpha value is -2.31. The lowest BCUT2D eigenvalue weighted by Crippen LogP contribution is -2.12. The highest BCUT2D eigenvalue weighted by Gasteiger charge is 2.34. The molecule has 1 N–H and O–H groups in total. The smallest absolute Gasteiger partial charge is 0.433 e. The molecule has 21 heavy (non-hydrogen) atoms. The van der Waals surface area contributed by atoms with E-state index >= 15 is 0 Å². The van der Waals surface area contributed by atoms with Crippen molar-refractivity contribution in [2.24, 2.45) is 0 Å². The van der Waals surface area contributed by atoms with E-state index in [0.717, 1.165) is 11.6 Å². The predicted molar refractivity (Wildman–Crippen MR) is 72.5 cm³/mol. The molecule has 0 aliphatic carbocycles. The number of hydrogen-bond donors (Lipinski definition) is 1. The summed E-state index contributed by atoms with van der Waals surface area (Å²) in [6, 6.07) is 7.75. The van der Waals surface area contributed by atoms with Gasteiger partial charge in [-0.05, 0) is 31.5 Å². The summed E-state index contributed by atoms with van der Waals surface area (Å²) >= 11 is 0. The van der Waals surface area contributed by atoms with Crippen LogP contribution in [0.4, 0.5) is 19.1 Å². The molecule has 1 heterocycles. The molecule has 2 rings (SSSR count). The van der Waals surface area contributed by atoms with Gasteiger partial charge in [-0.2, -0.15) is 18.2 Å². The number of nitrogens with zero attached hydrogens (tertiary/aromatic N) is 2. The minimum absolute atomic E-state index is 0.116. The lowest BCUT2D eigenvalue weighted by Gasteiger charge is -2.11. The van der Waals surface area contributed by atoms with Crippen LogP contribution >= 0.6 is 0 Å². The molecule has 0 bridgehead atoms. The van der Waals surface area contributed by atoms with Gasteiger partial charge in [0.15, 0.2) is 5.69 Å². The fourth-order valence-electron chi connectivity index (χ4n) is 1.66. The van der Waals surface area contributed by atoms with Crippen molar-refractivity contribution in [1.82, 2.24) is 9.97 Å². The Kier molecular flexibility index (Phi) is 4.30. The van der Waals surface area contributed by atoms with Gasteiger partial charge in [0.1, 0.15) is 5.75 Å². The molecule has 0 aliphatic heterocycles. The number of anilines is 1. The van der Waals surface area contributed by atoms with Crippen LogP contribution in [-0.2, 0) is 6.18 Å². The van der Waals surface area contributed by atoms with Crippen LogP contribution in [0.2, 0.25) is 0 Å². The van der Waals surface area contributed by atoms with Crippen LogP contribution < -0.4 is 10.1 Å². The van der Waals surface area contributed by atoms with Crippen molar-refractivity contribution in [2.75, 3.05) is 11.9 Å². The molecule has 0 atom stereocenters. The molecule has 0 aliphatic rings. The first-order chi connectivity index (χ1) is 9.88. The Morgan fingerprint density at radius 3 is 2.57 bits per heavy atom. The predicted octanol–water partition coefficient (Wildman–Crippen LogP) is 4.03. The largest absolute Gasteiger partial charge is 0.439 e. The van der Waals surface area contributed by atoms with E-state index in [-0.39, 0.29) is 11.8 Å². The molecule has 0 spiro atoms. The topological polar surface area (TPSA) is 47.0 Å². The normalized spacial score (nSPS) is 11.3. The number of rotatable bonds is 4. The number of halogens is 3. The first kappa shape index (κ1) is 15.1. The molecule has 2 aromatic rings. The maximum Gasteiger partial charge on any atom is 0.433 e. The Balaban J connectivity index is 2.35. The van der Waals surface area contributed by atoms with Crippen molar-refractivity contribution >= 4 is 5.95 Å². The molecule has 0 fully saturated rings. The van der Waals surface area contributed by atoms with E-state index in [1.807, 2.05) is 13.0 Å². The van der Waals surface area contributed by atoms with E-state index in [1.54, 1.807) is 25.1 Å². The minimum Gasteiger partial charge on any atom is -0.439 e. The van der Waals surface area contributed by atoms with Gasteiger partial charge < -0.3 is 10.1 Å². The fraction of sp³-hybridized carbons (Fsp3) is 0.286. The molecule has 0 unspecified atom stereocenters. The molecule has 0 amide bonds. The second-order valence-electron chi connectivity index (χ2n) is 4.36. The van der Waals surface area contributed by atoms with Crippen molar-refractivity contribution in [3.8, 4) is 11.6 Å². The molecule has 0 saturated heterocycles. The Morgan fingerprint density at radius 1 is 1.19 bits per heavy atom. The highest BCUT2D eigenvalue weighted by molar-refractivity contribution is 5.36. The van der Waals surface area contributed by atoms with Gasteiger partial charge in [-0.3, -0.25) is 0 Å². The quantitative estimate of drug-likeness (QED) is 0.925. The summed E-state index contributed by atoms with van der Waals surface area (Å²) in [5, 5.41) is 2.66. The molecular weight excluding hydrogens is 283 g/mol. The molecule has 1 aromatic heterocycles. The highest BCUT2D eigenvalue weighted by Crippen LogP contribution is 2.31. The van der Waals surface area contributed by atoms with Crippen LogP contribution in [0, 0.1) is 6.92 Å². The minimum atomic E-state index is -4.56. The second-order valence-corrected chi connectivity index (χ2v) is 4.36. The van der Waals surface area contributed by atoms with Crippen LogP contribution in [0.5, 0.6) is 11.6 Å². The van der Waals surface area contributed by atoms with Gasteiger partial charge >= 0.3 is 6.18 Å². The van der Waals surface area contributed by atoms with E-state index < -0.39 is 11.9 Å². The number of nitrogens with one attached hydrogen (secondary N) is 1. The first-order valence-corrected chi connectivity index (χ1v) is 6.33. The van der Waals surface area contributed by atoms with Crippen LogP contribution in [0.3, 0.4) is 0 Å². The van der Waals surface area contributed by atoms with Crippen LogP contribution in [0.25, 0.3) is 0 Å². The molecule has 7 heteroatoms. The molecule has 0 saturated carbocycles. The average Bonchev–Trinajstić information content (AvgIpc) is 2.37. The van der Waals surface area contributed by atoms with Gasteiger partial charge in [0.2, 0.25) is 11.8 Å². The third kappa shape index (κ3) is 4.08. The SMILES string of the molecule is CCNc1nc(Oc2cccc(C)c2)cc(C(F)(F)F)n1. The first-order valence-electron chi connectivity index (χ1n) is 6.33. The third-order valence-corrected chi connectivity index (χ3v) is 2.54. The number of aryl methyl sites for hydroxylation is 1. The molecule has 0 radical (unpaired) electrons. The maximum absolute atomic E-state index is 12.8. The number of aromatic nitrogens is 2. The third-order valence-electron chi connectivity index (χ3n) is 2.54. The second kappa shape index (κ2) is 5.99. The van der Waals surface area contributed by atoms with Crippen molar-refractivity contribution in [1.29, 1.82) is 0 Å². The monoisotopic (exact) mass is 297 g/mol. The van der Waals surface area contributed by atoms with Crippen molar-refractivity contribution < 1.29 is 17.9 Å². The van der Waals surface area contributed by atoms with E-state index in [4.69, 9.17) is 4.74 Å². The average molecular weight is 297 g/mol. The van der Waals surface area contributed by atoms with Crippen molar-refractivity contribution in [3.63, 3.8) is 0 Å². The fourth-order valence-corrected chi connectivity index (χ4v) is 1.66. The van der Waals surface area contributed by atoms with Gasteiger partial charge in [0.05, 0.1) is 0 Å². The van der Waals surface area contributed by atoms with Gasteiger partial charge in [0.25, 0.3) is 0 Å². The zero-order valence-electron chi connectivity index (χ0n) is 11.5. The van der Waals surface area contributed by atoms with E-state index in [2.05, 4.69) is 15.3 Å². The zero-order valence-corrected chi connectivity index (χ0v) is 11.5. The van der Waals surface area contributed by atoms with Gasteiger partial charge in [-0.1, -0.05) is 12.1 Å². The lowest BCUT2D eigenvalue weighted by molar-refractivity contribution is -0.141. The van der Waals surface area contributed by atoms with Crippen molar-refractivity contribution in [2.45, 2.75) is 20.0 Å². The summed E-state index contributed by atoms with van der Waals surface area (Å²) in [7, 11) is 0. The maximum atomic E-state index is 12.8. The summed E-state index contributed by atoms with van der Waals surface area (Å²) < 4.78 is 43.8. The van der Waals surface area contributed by atoms with Gasteiger partial charge in [-0.15, -0.1) is 0 Å². The van der Waals surface area contributed by atoms with Crippen molar-refractivity contribution in [3.05, 3.63) is 41.6 Å². The summed E-state index contributed by atoms with van der Waals surface area (Å²) in [6.07, 6.45) is -4.56. The van der Waals surface area contributed by atoms with Gasteiger partial charge in [0, 0.05) is 12.6 Å². The number of ether oxygens (including phenoxy) is 1. The van der Waals surface area contributed by atoms with Gasteiger partial charge in [-0.25, -0.2) is 4.98 Å². The van der Waals surface area contributed by atoms with E-state index in [1.165, 1.54) is 0 Å². The Bertz CT molecular complexity index is 629. The standard InChI is InChI=1S/C14H14F3N3O/c1-3-18-13-19-11(14(15,16)17)8-12(20-13)21-10-6-4-5-9(2)7-10/h4-8H,3H2,1-2H3,(H,18,19,20). The van der Waals surface area contributed by atoms with Crippen LogP contribution in [0.15, 0.2) is 30.3 Å². The van der Waals surface area contributed by atoms with E-state index in [9.17, 15) is 13.2 Å². The summed E-state index contributed by atoms with van der Waals surface area (Å²) in [5.74, 6) is 0.151. The number of benzene rings is 1. The lowest BCUT2D eigenvalue weighted by atomic mass is 10.2. The summed E-state index contributed by atoms with van der Waals surface area (Å²) in [4.78, 5) is 7.34. The van der Waals surface area contributed by atoms with Crippen LogP contribution in [0.1, 0.15) is 18.2 Å². The number of hydrogen-bond acceptors (Lipinski definition) is 4. The molecular formula is C14H14F3N3O. The van der Waals surface area contributed by atoms with Crippen LogP contribution in [-0.4, -0.2) is 16.5 Å². The number of alkyl halides is 3. The summed E-state index contributed by atoms with van der Waals surface area (Å²) in [5.41, 5.74) is -0.111. The Morgan fingerprint density at radius 2 is 1.95 bits per heavy atom. The molecule has 1 aromatic carbocycles. The zero-order chi connectivity index (χ0) is 15.5. The molecule has 4 nitrogen and oxygen atoms in total. The molecule has 112 valence electrons. The highest BCUT2D eigenvalue weighted by atomic mass is 19.4. The van der Waals surface area contributed by atoms with E-state index in [0.29, 0.717) is 12.3 Å². The Labute approximate surface area is 120 Å². The summed E-state index contributed by atoms with van der Waals surface area (Å²) in [6.45, 7) is 4.01.